The summed E-state index contributed by atoms with van der Waals surface area (Å²) in [6.45, 7) is 5.50. The molecule has 0 bridgehead atoms. The molecule has 1 heterocycles. The Balaban J connectivity index is 1.68. The fraction of sp³-hybridized carbons (Fsp3) is 0.769. The molecule has 1 fully saturated rings. The topological polar surface area (TPSA) is 29.9 Å². The van der Waals surface area contributed by atoms with Crippen LogP contribution >= 0.6 is 0 Å². The van der Waals surface area contributed by atoms with Crippen molar-refractivity contribution in [3.05, 3.63) is 17.5 Å². The average molecular weight is 221 g/mol. The van der Waals surface area contributed by atoms with Crippen molar-refractivity contribution in [3.63, 3.8) is 0 Å². The molecule has 1 N–H and O–H groups in total. The van der Waals surface area contributed by atoms with Crippen LogP contribution in [0.1, 0.15) is 37.4 Å². The molecule has 0 radical (unpaired) electrons. The minimum atomic E-state index is 0.671. The van der Waals surface area contributed by atoms with Crippen molar-refractivity contribution in [2.75, 3.05) is 6.54 Å². The first kappa shape index (κ1) is 11.6. The molecule has 0 spiro atoms. The second kappa shape index (κ2) is 5.00. The zero-order valence-corrected chi connectivity index (χ0v) is 10.7. The van der Waals surface area contributed by atoms with Gasteiger partial charge in [-0.2, -0.15) is 5.10 Å². The summed E-state index contributed by atoms with van der Waals surface area (Å²) in [5.41, 5.74) is 2.66. The zero-order valence-electron chi connectivity index (χ0n) is 10.7. The first-order valence-corrected chi connectivity index (χ1v) is 6.37. The summed E-state index contributed by atoms with van der Waals surface area (Å²) in [5.74, 6) is 1.02. The first-order valence-electron chi connectivity index (χ1n) is 6.37. The van der Waals surface area contributed by atoms with Crippen molar-refractivity contribution in [3.8, 4) is 0 Å². The Kier molecular flexibility index (Phi) is 3.64. The predicted octanol–water partition coefficient (Wildman–Crippen LogP) is 2.05. The molecular weight excluding hydrogens is 198 g/mol. The van der Waals surface area contributed by atoms with Gasteiger partial charge in [0.15, 0.2) is 0 Å². The Bertz CT molecular complexity index is 339. The van der Waals surface area contributed by atoms with Crippen LogP contribution in [0.4, 0.5) is 0 Å². The van der Waals surface area contributed by atoms with Crippen LogP contribution in [-0.2, 0) is 13.5 Å². The number of rotatable bonds is 6. The Hall–Kier alpha value is -0.830. The molecule has 1 aromatic rings. The normalized spacial score (nSPS) is 17.7. The number of aryl methyl sites for hydroxylation is 1. The van der Waals surface area contributed by atoms with Crippen molar-refractivity contribution in [1.29, 1.82) is 0 Å². The molecule has 0 aromatic carbocycles. The number of hydrogen-bond acceptors (Lipinski definition) is 2. The van der Waals surface area contributed by atoms with Crippen molar-refractivity contribution in [2.24, 2.45) is 13.0 Å². The van der Waals surface area contributed by atoms with Gasteiger partial charge in [-0.15, -0.1) is 0 Å². The Morgan fingerprint density at radius 1 is 1.56 bits per heavy atom. The third kappa shape index (κ3) is 3.08. The maximum absolute atomic E-state index is 4.26. The predicted molar refractivity (Wildman–Crippen MR) is 66.5 cm³/mol. The van der Waals surface area contributed by atoms with E-state index in [9.17, 15) is 0 Å². The summed E-state index contributed by atoms with van der Waals surface area (Å²) in [6, 6.07) is 0.671. The Morgan fingerprint density at radius 3 is 2.88 bits per heavy atom. The van der Waals surface area contributed by atoms with Crippen LogP contribution < -0.4 is 5.32 Å². The second-order valence-electron chi connectivity index (χ2n) is 5.16. The van der Waals surface area contributed by atoms with Crippen LogP contribution in [0.2, 0.25) is 0 Å². The fourth-order valence-corrected chi connectivity index (χ4v) is 2.18. The zero-order chi connectivity index (χ0) is 11.5. The van der Waals surface area contributed by atoms with Crippen LogP contribution in [0.25, 0.3) is 0 Å². The highest BCUT2D eigenvalue weighted by Gasteiger charge is 2.23. The Labute approximate surface area is 98.2 Å². The van der Waals surface area contributed by atoms with Gasteiger partial charge in [-0.3, -0.25) is 4.68 Å². The van der Waals surface area contributed by atoms with Gasteiger partial charge in [0.25, 0.3) is 0 Å². The van der Waals surface area contributed by atoms with Crippen molar-refractivity contribution in [2.45, 2.75) is 45.6 Å². The van der Waals surface area contributed by atoms with Crippen molar-refractivity contribution < 1.29 is 0 Å². The molecule has 1 aromatic heterocycles. The lowest BCUT2D eigenvalue weighted by atomic mass is 10.1. The second-order valence-corrected chi connectivity index (χ2v) is 5.16. The van der Waals surface area contributed by atoms with Gasteiger partial charge < -0.3 is 5.32 Å². The van der Waals surface area contributed by atoms with Crippen LogP contribution in [0.5, 0.6) is 0 Å². The SMILES string of the molecule is Cc1c(CCNC(C)CC2CC2)cnn1C. The summed E-state index contributed by atoms with van der Waals surface area (Å²) in [4.78, 5) is 0. The molecular formula is C13H23N3. The van der Waals surface area contributed by atoms with E-state index >= 15 is 0 Å². The standard InChI is InChI=1S/C13H23N3/c1-10(8-12-4-5-12)14-7-6-13-9-15-16(3)11(13)2/h9-10,12,14H,4-8H2,1-3H3. The molecule has 16 heavy (non-hydrogen) atoms. The first-order chi connectivity index (χ1) is 7.66. The molecule has 1 aliphatic carbocycles. The van der Waals surface area contributed by atoms with Gasteiger partial charge in [-0.05, 0) is 44.7 Å². The molecule has 1 atom stereocenters. The summed E-state index contributed by atoms with van der Waals surface area (Å²) < 4.78 is 1.95. The van der Waals surface area contributed by atoms with Gasteiger partial charge in [0.1, 0.15) is 0 Å². The number of nitrogens with one attached hydrogen (secondary N) is 1. The third-order valence-corrected chi connectivity index (χ3v) is 3.61. The highest BCUT2D eigenvalue weighted by molar-refractivity contribution is 5.16. The van der Waals surface area contributed by atoms with E-state index in [0.717, 1.165) is 18.9 Å². The van der Waals surface area contributed by atoms with Gasteiger partial charge in [0, 0.05) is 18.8 Å². The maximum Gasteiger partial charge on any atom is 0.0524 e. The van der Waals surface area contributed by atoms with Gasteiger partial charge in [-0.25, -0.2) is 0 Å². The van der Waals surface area contributed by atoms with Crippen LogP contribution in [0.3, 0.4) is 0 Å². The smallest absolute Gasteiger partial charge is 0.0524 e. The molecule has 1 aliphatic rings. The Morgan fingerprint density at radius 2 is 2.31 bits per heavy atom. The third-order valence-electron chi connectivity index (χ3n) is 3.61. The molecule has 0 saturated heterocycles. The summed E-state index contributed by atoms with van der Waals surface area (Å²) in [7, 11) is 2.00. The minimum Gasteiger partial charge on any atom is -0.314 e. The van der Waals surface area contributed by atoms with Crippen molar-refractivity contribution >= 4 is 0 Å². The highest BCUT2D eigenvalue weighted by atomic mass is 15.3. The van der Waals surface area contributed by atoms with Gasteiger partial charge >= 0.3 is 0 Å². The van der Waals surface area contributed by atoms with E-state index in [2.05, 4.69) is 24.3 Å². The fourth-order valence-electron chi connectivity index (χ4n) is 2.18. The molecule has 3 nitrogen and oxygen atoms in total. The monoisotopic (exact) mass is 221 g/mol. The average Bonchev–Trinajstić information content (AvgIpc) is 3.00. The molecule has 90 valence electrons. The van der Waals surface area contributed by atoms with E-state index < -0.39 is 0 Å². The van der Waals surface area contributed by atoms with E-state index in [4.69, 9.17) is 0 Å². The van der Waals surface area contributed by atoms with E-state index in [0.29, 0.717) is 6.04 Å². The molecule has 0 aliphatic heterocycles. The molecule has 1 unspecified atom stereocenters. The van der Waals surface area contributed by atoms with Crippen molar-refractivity contribution in [1.82, 2.24) is 15.1 Å². The van der Waals surface area contributed by atoms with E-state index in [-0.39, 0.29) is 0 Å². The maximum atomic E-state index is 4.26. The largest absolute Gasteiger partial charge is 0.314 e. The summed E-state index contributed by atoms with van der Waals surface area (Å²) >= 11 is 0. The van der Waals surface area contributed by atoms with Crippen LogP contribution in [0, 0.1) is 12.8 Å². The van der Waals surface area contributed by atoms with E-state index in [1.807, 2.05) is 17.9 Å². The van der Waals surface area contributed by atoms with Gasteiger partial charge in [0.2, 0.25) is 0 Å². The van der Waals surface area contributed by atoms with E-state index in [1.165, 1.54) is 30.5 Å². The minimum absolute atomic E-state index is 0.671. The highest BCUT2D eigenvalue weighted by Crippen LogP contribution is 2.33. The lowest BCUT2D eigenvalue weighted by Gasteiger charge is -2.12. The quantitative estimate of drug-likeness (QED) is 0.797. The summed E-state index contributed by atoms with van der Waals surface area (Å²) in [5, 5.41) is 7.86. The number of aromatic nitrogens is 2. The summed E-state index contributed by atoms with van der Waals surface area (Å²) in [6.07, 6.45) is 7.34. The van der Waals surface area contributed by atoms with Crippen LogP contribution in [0.15, 0.2) is 6.20 Å². The lowest BCUT2D eigenvalue weighted by molar-refractivity contribution is 0.491. The van der Waals surface area contributed by atoms with Gasteiger partial charge in [-0.1, -0.05) is 12.8 Å². The van der Waals surface area contributed by atoms with E-state index in [1.54, 1.807) is 0 Å². The molecule has 2 rings (SSSR count). The van der Waals surface area contributed by atoms with Gasteiger partial charge in [0.05, 0.1) is 6.20 Å². The van der Waals surface area contributed by atoms with Crippen LogP contribution in [-0.4, -0.2) is 22.4 Å². The molecule has 0 amide bonds. The lowest BCUT2D eigenvalue weighted by Crippen LogP contribution is -2.28. The number of hydrogen-bond donors (Lipinski definition) is 1. The molecule has 1 saturated carbocycles. The number of nitrogens with zero attached hydrogens (tertiary/aromatic N) is 2. The molecule has 3 heteroatoms.